The first-order valence-corrected chi connectivity index (χ1v) is 4.91. The van der Waals surface area contributed by atoms with Crippen molar-refractivity contribution in [3.8, 4) is 5.88 Å². The molecule has 0 saturated carbocycles. The third-order valence-corrected chi connectivity index (χ3v) is 1.60. The Hall–Kier alpha value is -1.62. The molecule has 82 valence electrons. The van der Waals surface area contributed by atoms with Crippen LogP contribution in [-0.2, 0) is 0 Å². The minimum absolute atomic E-state index is 0.543. The number of hydrogen-bond donors (Lipinski definition) is 2. The van der Waals surface area contributed by atoms with Crippen LogP contribution in [0, 0.1) is 0 Å². The number of aromatic nitrogens is 2. The average Bonchev–Trinajstić information content (AvgIpc) is 2.26. The molecule has 0 aliphatic carbocycles. The molecule has 1 aromatic heterocycles. The SMILES string of the molecule is CCOc1ccnc(NC/C=C/CN)n1. The highest BCUT2D eigenvalue weighted by atomic mass is 16.5. The summed E-state index contributed by atoms with van der Waals surface area (Å²) in [5, 5.41) is 3.03. The maximum atomic E-state index is 5.31. The Morgan fingerprint density at radius 1 is 1.53 bits per heavy atom. The van der Waals surface area contributed by atoms with E-state index in [1.165, 1.54) is 0 Å². The first-order valence-electron chi connectivity index (χ1n) is 4.91. The number of hydrogen-bond acceptors (Lipinski definition) is 5. The van der Waals surface area contributed by atoms with Crippen molar-refractivity contribution < 1.29 is 4.74 Å². The Balaban J connectivity index is 2.46. The topological polar surface area (TPSA) is 73.1 Å². The minimum Gasteiger partial charge on any atom is -0.478 e. The van der Waals surface area contributed by atoms with Crippen molar-refractivity contribution in [1.82, 2.24) is 9.97 Å². The predicted molar refractivity (Wildman–Crippen MR) is 59.9 cm³/mol. The second-order valence-corrected chi connectivity index (χ2v) is 2.74. The molecule has 0 aliphatic rings. The van der Waals surface area contributed by atoms with E-state index >= 15 is 0 Å². The van der Waals surface area contributed by atoms with Crippen molar-refractivity contribution in [1.29, 1.82) is 0 Å². The van der Waals surface area contributed by atoms with Crippen molar-refractivity contribution in [3.05, 3.63) is 24.4 Å². The second-order valence-electron chi connectivity index (χ2n) is 2.74. The maximum absolute atomic E-state index is 5.31. The van der Waals surface area contributed by atoms with E-state index < -0.39 is 0 Å². The van der Waals surface area contributed by atoms with Crippen LogP contribution in [0.2, 0.25) is 0 Å². The van der Waals surface area contributed by atoms with Gasteiger partial charge in [-0.2, -0.15) is 4.98 Å². The van der Waals surface area contributed by atoms with Gasteiger partial charge in [0, 0.05) is 25.4 Å². The molecule has 1 aromatic rings. The number of nitrogens with one attached hydrogen (secondary N) is 1. The molecule has 5 nitrogen and oxygen atoms in total. The van der Waals surface area contributed by atoms with Crippen LogP contribution in [0.1, 0.15) is 6.92 Å². The molecule has 5 heteroatoms. The van der Waals surface area contributed by atoms with Crippen LogP contribution < -0.4 is 15.8 Å². The molecule has 1 heterocycles. The number of rotatable bonds is 6. The molecular weight excluding hydrogens is 192 g/mol. The average molecular weight is 208 g/mol. The normalized spacial score (nSPS) is 10.5. The summed E-state index contributed by atoms with van der Waals surface area (Å²) in [6, 6.07) is 1.73. The summed E-state index contributed by atoms with van der Waals surface area (Å²) in [5.74, 6) is 1.14. The summed E-state index contributed by atoms with van der Waals surface area (Å²) < 4.78 is 5.24. The largest absolute Gasteiger partial charge is 0.478 e. The third kappa shape index (κ3) is 4.42. The fraction of sp³-hybridized carbons (Fsp3) is 0.400. The first kappa shape index (κ1) is 11.5. The highest BCUT2D eigenvalue weighted by Crippen LogP contribution is 2.07. The zero-order valence-electron chi connectivity index (χ0n) is 8.81. The van der Waals surface area contributed by atoms with Gasteiger partial charge in [-0.3, -0.25) is 0 Å². The van der Waals surface area contributed by atoms with Gasteiger partial charge in [0.05, 0.1) is 6.61 Å². The molecule has 0 aromatic carbocycles. The van der Waals surface area contributed by atoms with Crippen LogP contribution in [0.25, 0.3) is 0 Å². The number of ether oxygens (including phenoxy) is 1. The van der Waals surface area contributed by atoms with Crippen LogP contribution >= 0.6 is 0 Å². The Labute approximate surface area is 89.4 Å². The zero-order chi connectivity index (χ0) is 10.9. The van der Waals surface area contributed by atoms with E-state index in [1.54, 1.807) is 12.3 Å². The summed E-state index contributed by atoms with van der Waals surface area (Å²) in [5.41, 5.74) is 5.31. The molecule has 0 aliphatic heterocycles. The highest BCUT2D eigenvalue weighted by molar-refractivity contribution is 5.28. The van der Waals surface area contributed by atoms with Gasteiger partial charge >= 0.3 is 0 Å². The van der Waals surface area contributed by atoms with Crippen LogP contribution in [0.5, 0.6) is 5.88 Å². The van der Waals surface area contributed by atoms with Crippen molar-refractivity contribution in [2.75, 3.05) is 25.0 Å². The lowest BCUT2D eigenvalue weighted by molar-refractivity contribution is 0.326. The molecule has 0 bridgehead atoms. The van der Waals surface area contributed by atoms with Gasteiger partial charge in [0.2, 0.25) is 11.8 Å². The van der Waals surface area contributed by atoms with Crippen molar-refractivity contribution in [2.24, 2.45) is 5.73 Å². The third-order valence-electron chi connectivity index (χ3n) is 1.60. The van der Waals surface area contributed by atoms with Gasteiger partial charge in [-0.1, -0.05) is 12.2 Å². The first-order chi connectivity index (χ1) is 7.36. The van der Waals surface area contributed by atoms with Gasteiger partial charge < -0.3 is 15.8 Å². The molecular formula is C10H16N4O. The Morgan fingerprint density at radius 3 is 3.13 bits per heavy atom. The van der Waals surface area contributed by atoms with Gasteiger partial charge in [-0.05, 0) is 6.92 Å². The van der Waals surface area contributed by atoms with Gasteiger partial charge in [0.1, 0.15) is 0 Å². The zero-order valence-corrected chi connectivity index (χ0v) is 8.81. The van der Waals surface area contributed by atoms with Crippen LogP contribution in [0.15, 0.2) is 24.4 Å². The van der Waals surface area contributed by atoms with Crippen LogP contribution in [-0.4, -0.2) is 29.7 Å². The Morgan fingerprint density at radius 2 is 2.40 bits per heavy atom. The molecule has 3 N–H and O–H groups in total. The summed E-state index contributed by atoms with van der Waals surface area (Å²) >= 11 is 0. The smallest absolute Gasteiger partial charge is 0.226 e. The molecule has 0 radical (unpaired) electrons. The minimum atomic E-state index is 0.543. The summed E-state index contributed by atoms with van der Waals surface area (Å²) in [6.07, 6.45) is 5.46. The molecule has 0 spiro atoms. The maximum Gasteiger partial charge on any atom is 0.226 e. The van der Waals surface area contributed by atoms with E-state index in [0.717, 1.165) is 0 Å². The standard InChI is InChI=1S/C10H16N4O/c1-2-15-9-5-8-13-10(14-9)12-7-4-3-6-11/h3-5,8H,2,6-7,11H2,1H3,(H,12,13,14)/b4-3+. The molecule has 0 atom stereocenters. The van der Waals surface area contributed by atoms with E-state index in [1.807, 2.05) is 19.1 Å². The van der Waals surface area contributed by atoms with E-state index in [0.29, 0.717) is 31.5 Å². The second kappa shape index (κ2) is 6.78. The molecule has 0 saturated heterocycles. The van der Waals surface area contributed by atoms with Crippen molar-refractivity contribution in [3.63, 3.8) is 0 Å². The fourth-order valence-electron chi connectivity index (χ4n) is 0.985. The summed E-state index contributed by atoms with van der Waals surface area (Å²) in [6.45, 7) is 3.72. The molecule has 0 unspecified atom stereocenters. The fourth-order valence-corrected chi connectivity index (χ4v) is 0.985. The predicted octanol–water partition coefficient (Wildman–Crippen LogP) is 0.802. The lowest BCUT2D eigenvalue weighted by Crippen LogP contribution is -2.05. The van der Waals surface area contributed by atoms with E-state index in [2.05, 4.69) is 15.3 Å². The Kier molecular flexibility index (Phi) is 5.18. The number of nitrogens with two attached hydrogens (primary N) is 1. The summed E-state index contributed by atoms with van der Waals surface area (Å²) in [4.78, 5) is 8.20. The van der Waals surface area contributed by atoms with Gasteiger partial charge in [0.25, 0.3) is 0 Å². The van der Waals surface area contributed by atoms with Gasteiger partial charge in [0.15, 0.2) is 0 Å². The lowest BCUT2D eigenvalue weighted by atomic mass is 10.5. The number of nitrogens with zero attached hydrogens (tertiary/aromatic N) is 2. The molecule has 0 fully saturated rings. The lowest BCUT2D eigenvalue weighted by Gasteiger charge is -2.04. The van der Waals surface area contributed by atoms with E-state index in [9.17, 15) is 0 Å². The highest BCUT2D eigenvalue weighted by Gasteiger charge is 1.96. The van der Waals surface area contributed by atoms with Crippen LogP contribution in [0.3, 0.4) is 0 Å². The van der Waals surface area contributed by atoms with Gasteiger partial charge in [-0.25, -0.2) is 4.98 Å². The van der Waals surface area contributed by atoms with E-state index in [4.69, 9.17) is 10.5 Å². The summed E-state index contributed by atoms with van der Waals surface area (Å²) in [7, 11) is 0. The molecule has 1 rings (SSSR count). The quantitative estimate of drug-likeness (QED) is 0.676. The van der Waals surface area contributed by atoms with Gasteiger partial charge in [-0.15, -0.1) is 0 Å². The van der Waals surface area contributed by atoms with Crippen molar-refractivity contribution in [2.45, 2.75) is 6.92 Å². The van der Waals surface area contributed by atoms with Crippen molar-refractivity contribution >= 4 is 5.95 Å². The van der Waals surface area contributed by atoms with Crippen LogP contribution in [0.4, 0.5) is 5.95 Å². The number of anilines is 1. The Bertz CT molecular complexity index is 314. The van der Waals surface area contributed by atoms with E-state index in [-0.39, 0.29) is 0 Å². The molecule has 0 amide bonds. The monoisotopic (exact) mass is 208 g/mol. The molecule has 15 heavy (non-hydrogen) atoms.